The van der Waals surface area contributed by atoms with Crippen LogP contribution in [0.3, 0.4) is 0 Å². The van der Waals surface area contributed by atoms with Crippen molar-refractivity contribution in [1.29, 1.82) is 0 Å². The van der Waals surface area contributed by atoms with Crippen LogP contribution in [0.15, 0.2) is 0 Å². The minimum absolute atomic E-state index is 0.273. The Morgan fingerprint density at radius 1 is 0.852 bits per heavy atom. The Kier molecular flexibility index (Phi) is 8.18. The van der Waals surface area contributed by atoms with E-state index in [1.54, 1.807) is 0 Å². The molecule has 0 spiro atoms. The van der Waals surface area contributed by atoms with E-state index in [2.05, 4.69) is 6.92 Å². The first-order valence-electron chi connectivity index (χ1n) is 10.9. The Labute approximate surface area is 171 Å². The standard InChI is InChI=1S/C21H35F3OS2/c1-2-4-16-5-9-18(10-6-16)19-11-7-17(8-12-19)15-25-21(20(22,23)24)26-13-3-14-27-21/h16-19H,2-15H2,1H3. The predicted molar refractivity (Wildman–Crippen MR) is 110 cm³/mol. The number of hydrogen-bond acceptors (Lipinski definition) is 3. The van der Waals surface area contributed by atoms with Gasteiger partial charge < -0.3 is 4.74 Å². The van der Waals surface area contributed by atoms with Crippen LogP contribution in [0.2, 0.25) is 0 Å². The summed E-state index contributed by atoms with van der Waals surface area (Å²) in [5.41, 5.74) is 0. The molecule has 0 aromatic carbocycles. The maximum atomic E-state index is 13.6. The Hall–Kier alpha value is 0.450. The molecule has 1 nitrogen and oxygen atoms in total. The summed E-state index contributed by atoms with van der Waals surface area (Å²) >= 11 is 1.90. The Bertz CT molecular complexity index is 435. The first-order chi connectivity index (χ1) is 12.9. The molecule has 158 valence electrons. The van der Waals surface area contributed by atoms with Gasteiger partial charge >= 0.3 is 6.18 Å². The highest BCUT2D eigenvalue weighted by molar-refractivity contribution is 8.18. The molecule has 3 rings (SSSR count). The van der Waals surface area contributed by atoms with E-state index in [-0.39, 0.29) is 6.61 Å². The fourth-order valence-electron chi connectivity index (χ4n) is 5.25. The van der Waals surface area contributed by atoms with E-state index in [9.17, 15) is 13.2 Å². The fraction of sp³-hybridized carbons (Fsp3) is 1.00. The number of hydrogen-bond donors (Lipinski definition) is 0. The van der Waals surface area contributed by atoms with E-state index in [4.69, 9.17) is 4.74 Å². The second-order valence-electron chi connectivity index (χ2n) is 8.77. The van der Waals surface area contributed by atoms with Gasteiger partial charge in [0.05, 0.1) is 6.61 Å². The zero-order valence-corrected chi connectivity index (χ0v) is 18.2. The lowest BCUT2D eigenvalue weighted by Gasteiger charge is -2.40. The van der Waals surface area contributed by atoms with Crippen molar-refractivity contribution in [3.05, 3.63) is 0 Å². The number of halogens is 3. The van der Waals surface area contributed by atoms with Gasteiger partial charge in [0.15, 0.2) is 0 Å². The molecule has 0 aromatic heterocycles. The molecule has 2 saturated carbocycles. The summed E-state index contributed by atoms with van der Waals surface area (Å²) in [4.78, 5) is 0. The first kappa shape index (κ1) is 22.1. The average Bonchev–Trinajstić information content (AvgIpc) is 2.68. The van der Waals surface area contributed by atoms with Crippen molar-refractivity contribution in [2.24, 2.45) is 23.7 Å². The molecule has 6 heteroatoms. The number of ether oxygens (including phenoxy) is 1. The minimum Gasteiger partial charge on any atom is -0.347 e. The summed E-state index contributed by atoms with van der Waals surface area (Å²) in [5.74, 6) is 4.00. The topological polar surface area (TPSA) is 9.23 Å². The van der Waals surface area contributed by atoms with Gasteiger partial charge in [0.25, 0.3) is 4.27 Å². The van der Waals surface area contributed by atoms with Gasteiger partial charge in [0.1, 0.15) is 0 Å². The van der Waals surface area contributed by atoms with Crippen molar-refractivity contribution in [2.75, 3.05) is 18.1 Å². The monoisotopic (exact) mass is 424 g/mol. The summed E-state index contributed by atoms with van der Waals surface area (Å²) in [5, 5.41) is 0. The van der Waals surface area contributed by atoms with Crippen LogP contribution < -0.4 is 0 Å². The molecule has 0 aromatic rings. The van der Waals surface area contributed by atoms with Gasteiger partial charge in [-0.3, -0.25) is 0 Å². The molecule has 0 radical (unpaired) electrons. The molecule has 3 fully saturated rings. The largest absolute Gasteiger partial charge is 0.437 e. The van der Waals surface area contributed by atoms with Crippen LogP contribution in [0.25, 0.3) is 0 Å². The van der Waals surface area contributed by atoms with Crippen molar-refractivity contribution < 1.29 is 17.9 Å². The van der Waals surface area contributed by atoms with Crippen LogP contribution in [0.4, 0.5) is 13.2 Å². The molecule has 1 aliphatic heterocycles. The SMILES string of the molecule is CCCC1CCC(C2CCC(COC3(C(F)(F)F)SCCCS3)CC2)CC1. The number of alkyl halides is 3. The van der Waals surface area contributed by atoms with Crippen LogP contribution in [0, 0.1) is 23.7 Å². The van der Waals surface area contributed by atoms with Gasteiger partial charge in [-0.1, -0.05) is 32.6 Å². The highest BCUT2D eigenvalue weighted by Crippen LogP contribution is 2.54. The number of thioether (sulfide) groups is 2. The third-order valence-corrected chi connectivity index (χ3v) is 10.0. The second kappa shape index (κ2) is 9.97. The first-order valence-corrected chi connectivity index (χ1v) is 12.9. The molecule has 3 aliphatic rings. The van der Waals surface area contributed by atoms with E-state index in [0.717, 1.165) is 60.5 Å². The lowest BCUT2D eigenvalue weighted by molar-refractivity contribution is -0.206. The normalized spacial score (nSPS) is 35.1. The molecule has 0 atom stereocenters. The van der Waals surface area contributed by atoms with Gasteiger partial charge in [0, 0.05) is 0 Å². The van der Waals surface area contributed by atoms with Gasteiger partial charge in [-0.15, -0.1) is 23.5 Å². The van der Waals surface area contributed by atoms with Crippen molar-refractivity contribution in [1.82, 2.24) is 0 Å². The third-order valence-electron chi connectivity index (χ3n) is 6.88. The molecule has 1 heterocycles. The van der Waals surface area contributed by atoms with Crippen molar-refractivity contribution in [3.8, 4) is 0 Å². The second-order valence-corrected chi connectivity index (χ2v) is 11.6. The third kappa shape index (κ3) is 5.75. The zero-order chi connectivity index (χ0) is 19.3. The van der Waals surface area contributed by atoms with Gasteiger partial charge in [-0.05, 0) is 80.1 Å². The molecule has 0 unspecified atom stereocenters. The van der Waals surface area contributed by atoms with E-state index in [0.29, 0.717) is 17.4 Å². The lowest BCUT2D eigenvalue weighted by atomic mass is 9.69. The smallest absolute Gasteiger partial charge is 0.347 e. The van der Waals surface area contributed by atoms with E-state index in [1.165, 1.54) is 51.4 Å². The molecular weight excluding hydrogens is 389 g/mol. The van der Waals surface area contributed by atoms with Gasteiger partial charge in [-0.25, -0.2) is 0 Å². The average molecular weight is 425 g/mol. The summed E-state index contributed by atoms with van der Waals surface area (Å²) in [6.07, 6.45) is 9.23. The molecular formula is C21H35F3OS2. The lowest BCUT2D eigenvalue weighted by Crippen LogP contribution is -2.45. The van der Waals surface area contributed by atoms with Crippen LogP contribution >= 0.6 is 23.5 Å². The Morgan fingerprint density at radius 2 is 1.37 bits per heavy atom. The van der Waals surface area contributed by atoms with Crippen molar-refractivity contribution in [3.63, 3.8) is 0 Å². The van der Waals surface area contributed by atoms with Crippen LogP contribution in [0.5, 0.6) is 0 Å². The predicted octanol–water partition coefficient (Wildman–Crippen LogP) is 7.50. The molecule has 1 saturated heterocycles. The Morgan fingerprint density at radius 3 is 1.85 bits per heavy atom. The summed E-state index contributed by atoms with van der Waals surface area (Å²) < 4.78 is 44.3. The van der Waals surface area contributed by atoms with Crippen LogP contribution in [-0.2, 0) is 4.74 Å². The highest BCUT2D eigenvalue weighted by Gasteiger charge is 2.58. The maximum absolute atomic E-state index is 13.6. The molecule has 0 N–H and O–H groups in total. The van der Waals surface area contributed by atoms with Crippen molar-refractivity contribution in [2.45, 2.75) is 88.0 Å². The minimum atomic E-state index is -4.29. The van der Waals surface area contributed by atoms with E-state index < -0.39 is 10.4 Å². The molecule has 27 heavy (non-hydrogen) atoms. The number of rotatable bonds is 6. The van der Waals surface area contributed by atoms with Crippen LogP contribution in [0.1, 0.15) is 77.6 Å². The van der Waals surface area contributed by atoms with Crippen molar-refractivity contribution >= 4 is 23.5 Å². The summed E-state index contributed by atoms with van der Waals surface area (Å²) in [7, 11) is 0. The fourth-order valence-corrected chi connectivity index (χ4v) is 8.01. The highest BCUT2D eigenvalue weighted by atomic mass is 32.2. The Balaban J connectivity index is 1.42. The quantitative estimate of drug-likeness (QED) is 0.437. The summed E-state index contributed by atoms with van der Waals surface area (Å²) in [6.45, 7) is 2.55. The summed E-state index contributed by atoms with van der Waals surface area (Å²) in [6, 6.07) is 0. The molecule has 0 amide bonds. The van der Waals surface area contributed by atoms with Crippen LogP contribution in [-0.4, -0.2) is 28.6 Å². The van der Waals surface area contributed by atoms with Gasteiger partial charge in [0.2, 0.25) is 0 Å². The van der Waals surface area contributed by atoms with E-state index in [1.807, 2.05) is 0 Å². The van der Waals surface area contributed by atoms with E-state index >= 15 is 0 Å². The maximum Gasteiger partial charge on any atom is 0.437 e. The molecule has 2 aliphatic carbocycles. The zero-order valence-electron chi connectivity index (χ0n) is 16.6. The molecule has 0 bridgehead atoms. The van der Waals surface area contributed by atoms with Gasteiger partial charge in [-0.2, -0.15) is 13.2 Å².